The maximum absolute atomic E-state index is 11.0. The van der Waals surface area contributed by atoms with Crippen molar-refractivity contribution in [2.24, 2.45) is 0 Å². The van der Waals surface area contributed by atoms with Crippen molar-refractivity contribution in [1.29, 1.82) is 0 Å². The highest BCUT2D eigenvalue weighted by Gasteiger charge is 2.00. The summed E-state index contributed by atoms with van der Waals surface area (Å²) in [7, 11) is 1.73. The summed E-state index contributed by atoms with van der Waals surface area (Å²) in [6, 6.07) is 0. The van der Waals surface area contributed by atoms with Crippen LogP contribution < -0.4 is 0 Å². The third-order valence-electron chi connectivity index (χ3n) is 1.19. The Labute approximate surface area is 67.9 Å². The van der Waals surface area contributed by atoms with Crippen LogP contribution in [0.15, 0.2) is 12.2 Å². The van der Waals surface area contributed by atoms with Gasteiger partial charge >= 0.3 is 0 Å². The summed E-state index contributed by atoms with van der Waals surface area (Å²) in [6.07, 6.45) is 3.82. The molecule has 0 aliphatic carbocycles. The first-order valence-corrected chi connectivity index (χ1v) is 3.51. The molecular weight excluding hydrogens is 138 g/mol. The molecule has 0 saturated carbocycles. The van der Waals surface area contributed by atoms with Crippen molar-refractivity contribution in [1.82, 2.24) is 4.90 Å². The van der Waals surface area contributed by atoms with Gasteiger partial charge in [0.1, 0.15) is 0 Å². The first-order chi connectivity index (χ1) is 5.22. The number of hydrogen-bond acceptors (Lipinski definition) is 1. The van der Waals surface area contributed by atoms with Gasteiger partial charge in [0, 0.05) is 13.6 Å². The Morgan fingerprint density at radius 1 is 1.64 bits per heavy atom. The Morgan fingerprint density at radius 3 is 2.73 bits per heavy atom. The molecule has 0 heterocycles. The third-order valence-corrected chi connectivity index (χ3v) is 1.19. The zero-order valence-electron chi connectivity index (χ0n) is 7.22. The van der Waals surface area contributed by atoms with Crippen LogP contribution in [0.1, 0.15) is 13.8 Å². The fourth-order valence-electron chi connectivity index (χ4n) is 0.549. The second-order valence-electron chi connectivity index (χ2n) is 2.13. The van der Waals surface area contributed by atoms with E-state index < -0.39 is 0 Å². The molecule has 0 aromatic rings. The zero-order chi connectivity index (χ0) is 8.69. The van der Waals surface area contributed by atoms with Gasteiger partial charge in [-0.3, -0.25) is 4.79 Å². The van der Waals surface area contributed by atoms with Crippen LogP contribution in [0.25, 0.3) is 0 Å². The average molecular weight is 151 g/mol. The topological polar surface area (TPSA) is 20.3 Å². The first kappa shape index (κ1) is 9.77. The highest BCUT2D eigenvalue weighted by Crippen LogP contribution is 1.83. The minimum absolute atomic E-state index is 0.134. The highest BCUT2D eigenvalue weighted by molar-refractivity contribution is 5.93. The summed E-state index contributed by atoms with van der Waals surface area (Å²) in [5.74, 6) is 4.88. The standard InChI is InChI=1S/C9H13NO/c1-4-6-8-10(3)9(11)7-5-2/h4,6H,8H2,1-3H3/b6-4-. The predicted molar refractivity (Wildman–Crippen MR) is 45.9 cm³/mol. The molecule has 0 aromatic heterocycles. The average Bonchev–Trinajstić information content (AvgIpc) is 2.00. The van der Waals surface area contributed by atoms with Crippen LogP contribution in [0.5, 0.6) is 0 Å². The van der Waals surface area contributed by atoms with Gasteiger partial charge in [-0.1, -0.05) is 18.1 Å². The van der Waals surface area contributed by atoms with Gasteiger partial charge in [0.05, 0.1) is 0 Å². The van der Waals surface area contributed by atoms with E-state index in [1.54, 1.807) is 18.9 Å². The molecule has 0 fully saturated rings. The minimum Gasteiger partial charge on any atom is -0.331 e. The van der Waals surface area contributed by atoms with E-state index in [1.165, 1.54) is 0 Å². The molecule has 0 bridgehead atoms. The summed E-state index contributed by atoms with van der Waals surface area (Å²) in [5.41, 5.74) is 0. The van der Waals surface area contributed by atoms with Crippen LogP contribution in [0, 0.1) is 11.8 Å². The Kier molecular flexibility index (Phi) is 4.93. The number of amides is 1. The molecule has 0 aliphatic heterocycles. The Hall–Kier alpha value is -1.23. The van der Waals surface area contributed by atoms with Gasteiger partial charge in [-0.25, -0.2) is 0 Å². The van der Waals surface area contributed by atoms with Crippen molar-refractivity contribution < 1.29 is 4.79 Å². The number of rotatable bonds is 2. The fourth-order valence-corrected chi connectivity index (χ4v) is 0.549. The van der Waals surface area contributed by atoms with E-state index in [2.05, 4.69) is 11.8 Å². The van der Waals surface area contributed by atoms with Crippen molar-refractivity contribution in [3.8, 4) is 11.8 Å². The molecular formula is C9H13NO. The second kappa shape index (κ2) is 5.55. The van der Waals surface area contributed by atoms with E-state index in [1.807, 2.05) is 19.1 Å². The molecule has 2 heteroatoms. The van der Waals surface area contributed by atoms with Crippen LogP contribution >= 0.6 is 0 Å². The molecule has 60 valence electrons. The number of allylic oxidation sites excluding steroid dienone is 1. The predicted octanol–water partition coefficient (Wildman–Crippen LogP) is 1.04. The van der Waals surface area contributed by atoms with Crippen molar-refractivity contribution in [3.63, 3.8) is 0 Å². The smallest absolute Gasteiger partial charge is 0.298 e. The monoisotopic (exact) mass is 151 g/mol. The molecule has 0 saturated heterocycles. The number of nitrogens with zero attached hydrogens (tertiary/aromatic N) is 1. The molecule has 2 nitrogen and oxygen atoms in total. The number of likely N-dealkylation sites (N-methyl/N-ethyl adjacent to an activating group) is 1. The quantitative estimate of drug-likeness (QED) is 0.426. The lowest BCUT2D eigenvalue weighted by Gasteiger charge is -2.09. The van der Waals surface area contributed by atoms with Gasteiger partial charge in [0.2, 0.25) is 0 Å². The van der Waals surface area contributed by atoms with Gasteiger partial charge < -0.3 is 4.90 Å². The summed E-state index contributed by atoms with van der Waals surface area (Å²) in [5, 5.41) is 0. The van der Waals surface area contributed by atoms with Gasteiger partial charge in [-0.2, -0.15) is 0 Å². The van der Waals surface area contributed by atoms with Crippen LogP contribution in [0.4, 0.5) is 0 Å². The lowest BCUT2D eigenvalue weighted by Crippen LogP contribution is -2.24. The molecule has 0 radical (unpaired) electrons. The molecule has 0 aliphatic rings. The van der Waals surface area contributed by atoms with Crippen molar-refractivity contribution in [3.05, 3.63) is 12.2 Å². The lowest BCUT2D eigenvalue weighted by molar-refractivity contribution is -0.123. The normalized spacial score (nSPS) is 9.00. The van der Waals surface area contributed by atoms with Crippen LogP contribution in [0.3, 0.4) is 0 Å². The first-order valence-electron chi connectivity index (χ1n) is 3.51. The Bertz CT molecular complexity index is 207. The van der Waals surface area contributed by atoms with Gasteiger partial charge in [-0.15, -0.1) is 0 Å². The number of carbonyl (C=O) groups excluding carboxylic acids is 1. The third kappa shape index (κ3) is 4.21. The molecule has 0 N–H and O–H groups in total. The zero-order valence-corrected chi connectivity index (χ0v) is 7.22. The summed E-state index contributed by atoms with van der Waals surface area (Å²) in [4.78, 5) is 12.5. The lowest BCUT2D eigenvalue weighted by atomic mass is 10.4. The molecule has 0 rings (SSSR count). The maximum Gasteiger partial charge on any atom is 0.298 e. The molecule has 0 aromatic carbocycles. The largest absolute Gasteiger partial charge is 0.331 e. The van der Waals surface area contributed by atoms with Gasteiger partial charge in [0.15, 0.2) is 0 Å². The number of hydrogen-bond donors (Lipinski definition) is 0. The molecule has 1 amide bonds. The van der Waals surface area contributed by atoms with E-state index in [-0.39, 0.29) is 5.91 Å². The van der Waals surface area contributed by atoms with E-state index in [0.29, 0.717) is 6.54 Å². The fraction of sp³-hybridized carbons (Fsp3) is 0.444. The molecule has 0 unspecified atom stereocenters. The summed E-state index contributed by atoms with van der Waals surface area (Å²) < 4.78 is 0. The van der Waals surface area contributed by atoms with Crippen molar-refractivity contribution in [2.75, 3.05) is 13.6 Å². The van der Waals surface area contributed by atoms with E-state index in [9.17, 15) is 4.79 Å². The second-order valence-corrected chi connectivity index (χ2v) is 2.13. The van der Waals surface area contributed by atoms with Gasteiger partial charge in [0.25, 0.3) is 5.91 Å². The van der Waals surface area contributed by atoms with E-state index in [0.717, 1.165) is 0 Å². The summed E-state index contributed by atoms with van der Waals surface area (Å²) >= 11 is 0. The highest BCUT2D eigenvalue weighted by atomic mass is 16.2. The SMILES string of the molecule is CC#CC(=O)N(C)C/C=C\C. The minimum atomic E-state index is -0.134. The maximum atomic E-state index is 11.0. The van der Waals surface area contributed by atoms with Crippen LogP contribution in [-0.4, -0.2) is 24.4 Å². The number of carbonyl (C=O) groups is 1. The molecule has 11 heavy (non-hydrogen) atoms. The Balaban J connectivity index is 3.89. The van der Waals surface area contributed by atoms with E-state index >= 15 is 0 Å². The molecule has 0 atom stereocenters. The molecule has 0 spiro atoms. The van der Waals surface area contributed by atoms with Crippen molar-refractivity contribution in [2.45, 2.75) is 13.8 Å². The Morgan fingerprint density at radius 2 is 2.27 bits per heavy atom. The van der Waals surface area contributed by atoms with Gasteiger partial charge in [-0.05, 0) is 19.8 Å². The van der Waals surface area contributed by atoms with Crippen LogP contribution in [-0.2, 0) is 4.79 Å². The van der Waals surface area contributed by atoms with E-state index in [4.69, 9.17) is 0 Å². The van der Waals surface area contributed by atoms with Crippen LogP contribution in [0.2, 0.25) is 0 Å². The van der Waals surface area contributed by atoms with Crippen molar-refractivity contribution >= 4 is 5.91 Å². The summed E-state index contributed by atoms with van der Waals surface area (Å²) in [6.45, 7) is 4.20.